The Morgan fingerprint density at radius 2 is 1.96 bits per heavy atom. The number of ether oxygens (including phenoxy) is 1. The summed E-state index contributed by atoms with van der Waals surface area (Å²) in [4.78, 5) is 0. The number of benzene rings is 2. The maximum atomic E-state index is 13.3. The van der Waals surface area contributed by atoms with E-state index in [1.807, 2.05) is 48.7 Å². The molecular weight excluding hydrogens is 349 g/mol. The van der Waals surface area contributed by atoms with Crippen LogP contribution >= 0.6 is 11.8 Å². The summed E-state index contributed by atoms with van der Waals surface area (Å²) in [5, 5.41) is 9.45. The number of rotatable bonds is 7. The highest BCUT2D eigenvalue weighted by Crippen LogP contribution is 2.27. The molecule has 0 spiro atoms. The summed E-state index contributed by atoms with van der Waals surface area (Å²) in [7, 11) is 0. The maximum absolute atomic E-state index is 13.3. The summed E-state index contributed by atoms with van der Waals surface area (Å²) in [6.07, 6.45) is -0.215. The number of aryl methyl sites for hydroxylation is 1. The third kappa shape index (κ3) is 4.43. The van der Waals surface area contributed by atoms with Gasteiger partial charge in [-0.05, 0) is 56.2 Å². The van der Waals surface area contributed by atoms with Crippen LogP contribution in [0, 0.1) is 12.7 Å². The summed E-state index contributed by atoms with van der Waals surface area (Å²) in [5.41, 5.74) is 2.07. The first-order valence-corrected chi connectivity index (χ1v) is 9.59. The van der Waals surface area contributed by atoms with Crippen LogP contribution in [0.25, 0.3) is 0 Å². The zero-order chi connectivity index (χ0) is 18.5. The van der Waals surface area contributed by atoms with Gasteiger partial charge in [0.2, 0.25) is 0 Å². The van der Waals surface area contributed by atoms with Crippen LogP contribution < -0.4 is 4.74 Å². The molecule has 26 heavy (non-hydrogen) atoms. The van der Waals surface area contributed by atoms with Gasteiger partial charge in [0, 0.05) is 12.3 Å². The van der Waals surface area contributed by atoms with Crippen LogP contribution in [-0.2, 0) is 12.3 Å². The standard InChI is InChI=1S/C20H22FN3OS/c1-4-24-19(15(3)25-18-10-5-7-14(2)11-18)22-23-20(24)26-13-16-8-6-9-17(21)12-16/h5-12,15H,4,13H2,1-3H3. The molecule has 1 atom stereocenters. The van der Waals surface area contributed by atoms with Gasteiger partial charge < -0.3 is 9.30 Å². The van der Waals surface area contributed by atoms with Gasteiger partial charge in [0.05, 0.1) is 0 Å². The van der Waals surface area contributed by atoms with Gasteiger partial charge in [-0.3, -0.25) is 0 Å². The molecule has 1 aromatic heterocycles. The monoisotopic (exact) mass is 371 g/mol. The van der Waals surface area contributed by atoms with Crippen molar-refractivity contribution >= 4 is 11.8 Å². The number of halogens is 1. The highest BCUT2D eigenvalue weighted by atomic mass is 32.2. The fraction of sp³-hybridized carbons (Fsp3) is 0.300. The molecule has 0 saturated heterocycles. The van der Waals surface area contributed by atoms with Crippen LogP contribution in [0.1, 0.15) is 36.9 Å². The fourth-order valence-corrected chi connectivity index (χ4v) is 3.68. The summed E-state index contributed by atoms with van der Waals surface area (Å²) in [6, 6.07) is 14.6. The molecule has 1 heterocycles. The van der Waals surface area contributed by atoms with Crippen LogP contribution in [0.4, 0.5) is 4.39 Å². The maximum Gasteiger partial charge on any atom is 0.191 e. The molecule has 0 aliphatic heterocycles. The van der Waals surface area contributed by atoms with E-state index in [1.165, 1.54) is 6.07 Å². The van der Waals surface area contributed by atoms with Gasteiger partial charge >= 0.3 is 0 Å². The van der Waals surface area contributed by atoms with E-state index in [0.29, 0.717) is 5.75 Å². The van der Waals surface area contributed by atoms with Crippen molar-refractivity contribution in [3.63, 3.8) is 0 Å². The van der Waals surface area contributed by atoms with Crippen molar-refractivity contribution in [2.24, 2.45) is 0 Å². The first-order valence-electron chi connectivity index (χ1n) is 8.60. The summed E-state index contributed by atoms with van der Waals surface area (Å²) in [6.45, 7) is 6.81. The van der Waals surface area contributed by atoms with Gasteiger partial charge in [-0.25, -0.2) is 4.39 Å². The Labute approximate surface area is 157 Å². The molecule has 0 radical (unpaired) electrons. The van der Waals surface area contributed by atoms with Crippen LogP contribution in [-0.4, -0.2) is 14.8 Å². The predicted molar refractivity (Wildman–Crippen MR) is 102 cm³/mol. The molecule has 0 fully saturated rings. The van der Waals surface area contributed by atoms with Crippen molar-refractivity contribution in [3.05, 3.63) is 71.3 Å². The quantitative estimate of drug-likeness (QED) is 0.537. The Balaban J connectivity index is 1.72. The Kier molecular flexibility index (Phi) is 5.93. The fourth-order valence-electron chi connectivity index (χ4n) is 2.72. The van der Waals surface area contributed by atoms with Crippen LogP contribution in [0.2, 0.25) is 0 Å². The topological polar surface area (TPSA) is 39.9 Å². The van der Waals surface area contributed by atoms with E-state index >= 15 is 0 Å². The molecule has 3 aromatic rings. The molecule has 6 heteroatoms. The first-order chi connectivity index (χ1) is 12.6. The third-order valence-electron chi connectivity index (χ3n) is 3.98. The number of aromatic nitrogens is 3. The lowest BCUT2D eigenvalue weighted by molar-refractivity contribution is 0.210. The Morgan fingerprint density at radius 1 is 1.15 bits per heavy atom. The molecule has 4 nitrogen and oxygen atoms in total. The average molecular weight is 371 g/mol. The van der Waals surface area contributed by atoms with E-state index in [1.54, 1.807) is 23.9 Å². The zero-order valence-electron chi connectivity index (χ0n) is 15.1. The summed E-state index contributed by atoms with van der Waals surface area (Å²) < 4.78 is 21.4. The molecular formula is C20H22FN3OS. The largest absolute Gasteiger partial charge is 0.483 e. The minimum absolute atomic E-state index is 0.215. The van der Waals surface area contributed by atoms with E-state index in [4.69, 9.17) is 4.74 Å². The molecule has 0 N–H and O–H groups in total. The molecule has 3 rings (SSSR count). The van der Waals surface area contributed by atoms with Gasteiger partial charge in [0.25, 0.3) is 0 Å². The smallest absolute Gasteiger partial charge is 0.191 e. The second-order valence-electron chi connectivity index (χ2n) is 6.08. The average Bonchev–Trinajstić information content (AvgIpc) is 3.03. The van der Waals surface area contributed by atoms with Gasteiger partial charge in [-0.15, -0.1) is 10.2 Å². The van der Waals surface area contributed by atoms with Crippen LogP contribution in [0.3, 0.4) is 0 Å². The predicted octanol–water partition coefficient (Wildman–Crippen LogP) is 5.18. The van der Waals surface area contributed by atoms with E-state index in [0.717, 1.165) is 34.4 Å². The second-order valence-corrected chi connectivity index (χ2v) is 7.02. The molecule has 0 aliphatic rings. The van der Waals surface area contributed by atoms with Crippen molar-refractivity contribution in [2.75, 3.05) is 0 Å². The SMILES string of the molecule is CCn1c(SCc2cccc(F)c2)nnc1C(C)Oc1cccc(C)c1. The third-order valence-corrected chi connectivity index (χ3v) is 5.02. The minimum Gasteiger partial charge on any atom is -0.483 e. The molecule has 0 bridgehead atoms. The number of nitrogens with zero attached hydrogens (tertiary/aromatic N) is 3. The van der Waals surface area contributed by atoms with E-state index in [2.05, 4.69) is 17.1 Å². The molecule has 0 saturated carbocycles. The Hall–Kier alpha value is -2.34. The minimum atomic E-state index is -0.221. The first kappa shape index (κ1) is 18.5. The summed E-state index contributed by atoms with van der Waals surface area (Å²) in [5.74, 6) is 2.03. The highest BCUT2D eigenvalue weighted by Gasteiger charge is 2.18. The number of thioether (sulfide) groups is 1. The lowest BCUT2D eigenvalue weighted by atomic mass is 10.2. The lowest BCUT2D eigenvalue weighted by Crippen LogP contribution is -2.12. The molecule has 0 aliphatic carbocycles. The molecule has 2 aromatic carbocycles. The molecule has 1 unspecified atom stereocenters. The van der Waals surface area contributed by atoms with Crippen molar-refractivity contribution in [1.82, 2.24) is 14.8 Å². The normalized spacial score (nSPS) is 12.2. The number of hydrogen-bond acceptors (Lipinski definition) is 4. The van der Waals surface area contributed by atoms with E-state index in [9.17, 15) is 4.39 Å². The van der Waals surface area contributed by atoms with Crippen molar-refractivity contribution < 1.29 is 9.13 Å². The van der Waals surface area contributed by atoms with Crippen LogP contribution in [0.5, 0.6) is 5.75 Å². The zero-order valence-corrected chi connectivity index (χ0v) is 16.0. The molecule has 0 amide bonds. The highest BCUT2D eigenvalue weighted by molar-refractivity contribution is 7.98. The van der Waals surface area contributed by atoms with E-state index < -0.39 is 0 Å². The molecule has 136 valence electrons. The van der Waals surface area contributed by atoms with Gasteiger partial charge in [-0.1, -0.05) is 36.0 Å². The number of hydrogen-bond donors (Lipinski definition) is 0. The van der Waals surface area contributed by atoms with Crippen molar-refractivity contribution in [1.29, 1.82) is 0 Å². The lowest BCUT2D eigenvalue weighted by Gasteiger charge is -2.16. The second kappa shape index (κ2) is 8.36. The van der Waals surface area contributed by atoms with E-state index in [-0.39, 0.29) is 11.9 Å². The van der Waals surface area contributed by atoms with Crippen LogP contribution in [0.15, 0.2) is 53.7 Å². The van der Waals surface area contributed by atoms with Gasteiger partial charge in [-0.2, -0.15) is 0 Å². The van der Waals surface area contributed by atoms with Crippen molar-refractivity contribution in [3.8, 4) is 5.75 Å². The van der Waals surface area contributed by atoms with Crippen molar-refractivity contribution in [2.45, 2.75) is 44.3 Å². The Morgan fingerprint density at radius 3 is 2.69 bits per heavy atom. The Bertz CT molecular complexity index is 881. The van der Waals surface area contributed by atoms with Gasteiger partial charge in [0.15, 0.2) is 17.1 Å². The van der Waals surface area contributed by atoms with Gasteiger partial charge in [0.1, 0.15) is 11.6 Å². The summed E-state index contributed by atoms with van der Waals surface area (Å²) >= 11 is 1.55.